The minimum Gasteiger partial charge on any atom is -0.103 e. The molecule has 0 bridgehead atoms. The van der Waals surface area contributed by atoms with Gasteiger partial charge in [0.25, 0.3) is 0 Å². The topological polar surface area (TPSA) is 0 Å². The molecule has 0 heterocycles. The standard InChI is InChI=1S/C10H17/c1-4-6-7-8-9-10(3)5-2/h10H,1,4-6,9H2,2-3H3. The van der Waals surface area contributed by atoms with E-state index in [-0.39, 0.29) is 0 Å². The van der Waals surface area contributed by atoms with Crippen molar-refractivity contribution in [1.29, 1.82) is 0 Å². The molecule has 0 aliphatic heterocycles. The number of rotatable bonds is 3. The average molecular weight is 137 g/mol. The van der Waals surface area contributed by atoms with Gasteiger partial charge >= 0.3 is 0 Å². The number of hydrogen-bond acceptors (Lipinski definition) is 0. The van der Waals surface area contributed by atoms with Gasteiger partial charge in [-0.15, -0.1) is 11.8 Å². The van der Waals surface area contributed by atoms with Crippen molar-refractivity contribution in [3.63, 3.8) is 0 Å². The van der Waals surface area contributed by atoms with Crippen molar-refractivity contribution in [2.75, 3.05) is 0 Å². The van der Waals surface area contributed by atoms with Crippen LogP contribution >= 0.6 is 0 Å². The Morgan fingerprint density at radius 1 is 1.40 bits per heavy atom. The molecule has 1 radical (unpaired) electrons. The molecule has 0 aromatic rings. The predicted molar refractivity (Wildman–Crippen MR) is 46.4 cm³/mol. The molecule has 57 valence electrons. The summed E-state index contributed by atoms with van der Waals surface area (Å²) in [6, 6.07) is 0. The molecule has 0 aromatic heterocycles. The highest BCUT2D eigenvalue weighted by atomic mass is 14.0. The summed E-state index contributed by atoms with van der Waals surface area (Å²) in [5.74, 6) is 7.00. The van der Waals surface area contributed by atoms with E-state index in [1.54, 1.807) is 0 Å². The van der Waals surface area contributed by atoms with Gasteiger partial charge in [0.15, 0.2) is 0 Å². The SMILES string of the molecule is [CH2]CCC#CCC(C)CC. The van der Waals surface area contributed by atoms with E-state index in [9.17, 15) is 0 Å². The molecule has 0 fully saturated rings. The van der Waals surface area contributed by atoms with Gasteiger partial charge in [0, 0.05) is 12.8 Å². The van der Waals surface area contributed by atoms with Crippen LogP contribution in [-0.2, 0) is 0 Å². The van der Waals surface area contributed by atoms with E-state index >= 15 is 0 Å². The first-order valence-electron chi connectivity index (χ1n) is 4.06. The van der Waals surface area contributed by atoms with Gasteiger partial charge in [-0.1, -0.05) is 27.2 Å². The Balaban J connectivity index is 3.26. The first-order chi connectivity index (χ1) is 4.81. The maximum atomic E-state index is 3.72. The maximum Gasteiger partial charge on any atom is 0.0114 e. The van der Waals surface area contributed by atoms with Crippen molar-refractivity contribution in [2.45, 2.75) is 39.5 Å². The van der Waals surface area contributed by atoms with Gasteiger partial charge in [-0.25, -0.2) is 0 Å². The zero-order valence-electron chi connectivity index (χ0n) is 7.11. The Bertz CT molecular complexity index is 114. The van der Waals surface area contributed by atoms with Gasteiger partial charge in [-0.3, -0.25) is 0 Å². The van der Waals surface area contributed by atoms with E-state index in [0.29, 0.717) is 0 Å². The lowest BCUT2D eigenvalue weighted by Gasteiger charge is -1.99. The molecule has 0 heteroatoms. The number of unbranched alkanes of at least 4 members (excludes halogenated alkanes) is 1. The van der Waals surface area contributed by atoms with Crippen molar-refractivity contribution >= 4 is 0 Å². The van der Waals surface area contributed by atoms with Gasteiger partial charge in [-0.2, -0.15) is 0 Å². The minimum absolute atomic E-state index is 0.761. The van der Waals surface area contributed by atoms with Crippen LogP contribution in [0.1, 0.15) is 39.5 Å². The van der Waals surface area contributed by atoms with Crippen LogP contribution in [0.15, 0.2) is 0 Å². The summed E-state index contributed by atoms with van der Waals surface area (Å²) in [5.41, 5.74) is 0. The first-order valence-corrected chi connectivity index (χ1v) is 4.06. The van der Waals surface area contributed by atoms with E-state index < -0.39 is 0 Å². The minimum atomic E-state index is 0.761. The fraction of sp³-hybridized carbons (Fsp3) is 0.700. The number of hydrogen-bond donors (Lipinski definition) is 0. The molecule has 0 saturated carbocycles. The molecule has 0 nitrogen and oxygen atoms in total. The Kier molecular flexibility index (Phi) is 6.38. The highest BCUT2D eigenvalue weighted by molar-refractivity contribution is 4.99. The average Bonchev–Trinajstić information content (AvgIpc) is 1.98. The zero-order chi connectivity index (χ0) is 7.82. The summed E-state index contributed by atoms with van der Waals surface area (Å²) in [6.07, 6.45) is 4.18. The molecule has 1 atom stereocenters. The van der Waals surface area contributed by atoms with Crippen LogP contribution in [0.2, 0.25) is 0 Å². The Hall–Kier alpha value is -0.440. The van der Waals surface area contributed by atoms with Gasteiger partial charge in [0.2, 0.25) is 0 Å². The van der Waals surface area contributed by atoms with E-state index in [2.05, 4.69) is 32.6 Å². The molecule has 0 aliphatic rings. The van der Waals surface area contributed by atoms with Crippen LogP contribution in [-0.4, -0.2) is 0 Å². The zero-order valence-corrected chi connectivity index (χ0v) is 7.11. The van der Waals surface area contributed by atoms with Crippen LogP contribution in [0, 0.1) is 24.7 Å². The second kappa shape index (κ2) is 6.68. The lowest BCUT2D eigenvalue weighted by molar-refractivity contribution is 0.580. The quantitative estimate of drug-likeness (QED) is 0.524. The Morgan fingerprint density at radius 3 is 2.60 bits per heavy atom. The van der Waals surface area contributed by atoms with E-state index in [0.717, 1.165) is 25.2 Å². The van der Waals surface area contributed by atoms with Crippen molar-refractivity contribution in [1.82, 2.24) is 0 Å². The summed E-state index contributed by atoms with van der Waals surface area (Å²) >= 11 is 0. The third-order valence-electron chi connectivity index (χ3n) is 1.57. The highest BCUT2D eigenvalue weighted by Gasteiger charge is 1.92. The van der Waals surface area contributed by atoms with Crippen molar-refractivity contribution in [2.24, 2.45) is 5.92 Å². The first kappa shape index (κ1) is 9.56. The Morgan fingerprint density at radius 2 is 2.10 bits per heavy atom. The normalized spacial score (nSPS) is 11.9. The fourth-order valence-corrected chi connectivity index (χ4v) is 0.568. The smallest absolute Gasteiger partial charge is 0.0114 e. The van der Waals surface area contributed by atoms with Gasteiger partial charge in [0.1, 0.15) is 0 Å². The lowest BCUT2D eigenvalue weighted by atomic mass is 10.1. The highest BCUT2D eigenvalue weighted by Crippen LogP contribution is 2.03. The van der Waals surface area contributed by atoms with Crippen molar-refractivity contribution in [3.05, 3.63) is 6.92 Å². The molecule has 0 N–H and O–H groups in total. The van der Waals surface area contributed by atoms with Gasteiger partial charge in [0.05, 0.1) is 0 Å². The van der Waals surface area contributed by atoms with Crippen LogP contribution in [0.3, 0.4) is 0 Å². The maximum absolute atomic E-state index is 3.72. The third kappa shape index (κ3) is 5.69. The molecule has 10 heavy (non-hydrogen) atoms. The summed E-state index contributed by atoms with van der Waals surface area (Å²) < 4.78 is 0. The van der Waals surface area contributed by atoms with Crippen LogP contribution in [0.4, 0.5) is 0 Å². The van der Waals surface area contributed by atoms with Crippen LogP contribution in [0.25, 0.3) is 0 Å². The second-order valence-corrected chi connectivity index (χ2v) is 2.67. The van der Waals surface area contributed by atoms with E-state index in [4.69, 9.17) is 0 Å². The van der Waals surface area contributed by atoms with E-state index in [1.807, 2.05) is 0 Å². The summed E-state index contributed by atoms with van der Waals surface area (Å²) in [4.78, 5) is 0. The fourth-order valence-electron chi connectivity index (χ4n) is 0.568. The van der Waals surface area contributed by atoms with Gasteiger partial charge in [-0.05, 0) is 12.3 Å². The van der Waals surface area contributed by atoms with Crippen molar-refractivity contribution < 1.29 is 0 Å². The molecule has 1 unspecified atom stereocenters. The van der Waals surface area contributed by atoms with Crippen LogP contribution in [0.5, 0.6) is 0 Å². The second-order valence-electron chi connectivity index (χ2n) is 2.67. The summed E-state index contributed by atoms with van der Waals surface area (Å²) in [7, 11) is 0. The summed E-state index contributed by atoms with van der Waals surface area (Å²) in [6.45, 7) is 8.16. The largest absolute Gasteiger partial charge is 0.103 e. The van der Waals surface area contributed by atoms with Crippen molar-refractivity contribution in [3.8, 4) is 11.8 Å². The molecular formula is C10H17. The molecular weight excluding hydrogens is 120 g/mol. The molecule has 0 aliphatic carbocycles. The van der Waals surface area contributed by atoms with Crippen LogP contribution < -0.4 is 0 Å². The molecule has 0 aromatic carbocycles. The lowest BCUT2D eigenvalue weighted by Crippen LogP contribution is -1.87. The monoisotopic (exact) mass is 137 g/mol. The third-order valence-corrected chi connectivity index (χ3v) is 1.57. The van der Waals surface area contributed by atoms with E-state index in [1.165, 1.54) is 6.42 Å². The molecule has 0 rings (SSSR count). The van der Waals surface area contributed by atoms with Gasteiger partial charge < -0.3 is 0 Å². The Labute approximate surface area is 65.0 Å². The molecule has 0 spiro atoms. The molecule has 0 amide bonds. The molecule has 0 saturated heterocycles. The summed E-state index contributed by atoms with van der Waals surface area (Å²) in [5, 5.41) is 0. The predicted octanol–water partition coefficient (Wildman–Crippen LogP) is 3.04.